The third-order valence-electron chi connectivity index (χ3n) is 4.02. The lowest BCUT2D eigenvalue weighted by molar-refractivity contribution is -0.384. The molecule has 1 aromatic rings. The minimum atomic E-state index is -0.410. The molecule has 2 aliphatic rings. The molecule has 0 amide bonds. The van der Waals surface area contributed by atoms with Crippen LogP contribution in [0.15, 0.2) is 24.3 Å². The predicted octanol–water partition coefficient (Wildman–Crippen LogP) is 1.88. The van der Waals surface area contributed by atoms with Crippen LogP contribution >= 0.6 is 0 Å². The van der Waals surface area contributed by atoms with E-state index < -0.39 is 4.92 Å². The third-order valence-corrected chi connectivity index (χ3v) is 4.02. The van der Waals surface area contributed by atoms with E-state index in [1.54, 1.807) is 12.1 Å². The second-order valence-electron chi connectivity index (χ2n) is 5.44. The van der Waals surface area contributed by atoms with Gasteiger partial charge in [0.15, 0.2) is 0 Å². The highest BCUT2D eigenvalue weighted by Crippen LogP contribution is 2.35. The molecule has 6 heteroatoms. The van der Waals surface area contributed by atoms with E-state index in [0.717, 1.165) is 32.4 Å². The van der Waals surface area contributed by atoms with Crippen LogP contribution in [-0.2, 0) is 4.74 Å². The quantitative estimate of drug-likeness (QED) is 0.675. The molecule has 1 aromatic carbocycles. The first-order valence-electron chi connectivity index (χ1n) is 6.93. The summed E-state index contributed by atoms with van der Waals surface area (Å²) in [5.41, 5.74) is -0.00520. The van der Waals surface area contributed by atoms with Gasteiger partial charge in [-0.3, -0.25) is 10.1 Å². The number of piperidine rings is 1. The molecule has 0 saturated carbocycles. The Bertz CT molecular complexity index is 500. The lowest BCUT2D eigenvalue weighted by Gasteiger charge is -2.32. The largest absolute Gasteiger partial charge is 0.488 e. The number of nitro groups is 1. The number of hydrogen-bond acceptors (Lipinski definition) is 5. The molecule has 0 bridgehead atoms. The topological polar surface area (TPSA) is 73.6 Å². The van der Waals surface area contributed by atoms with Crippen LogP contribution < -0.4 is 10.1 Å². The van der Waals surface area contributed by atoms with Crippen molar-refractivity contribution in [1.82, 2.24) is 5.32 Å². The van der Waals surface area contributed by atoms with Gasteiger partial charge in [0, 0.05) is 12.5 Å². The Kier molecular flexibility index (Phi) is 3.58. The Hall–Kier alpha value is -1.66. The number of ether oxygens (including phenoxy) is 2. The van der Waals surface area contributed by atoms with Gasteiger partial charge in [0.1, 0.15) is 11.9 Å². The van der Waals surface area contributed by atoms with Crippen LogP contribution in [0.2, 0.25) is 0 Å². The van der Waals surface area contributed by atoms with Gasteiger partial charge in [0.05, 0.1) is 23.2 Å². The first-order chi connectivity index (χ1) is 9.67. The van der Waals surface area contributed by atoms with Crippen molar-refractivity contribution in [1.29, 1.82) is 0 Å². The molecule has 1 N–H and O–H groups in total. The first kappa shape index (κ1) is 13.3. The van der Waals surface area contributed by atoms with E-state index in [-0.39, 0.29) is 17.4 Å². The van der Waals surface area contributed by atoms with E-state index in [2.05, 4.69) is 5.32 Å². The lowest BCUT2D eigenvalue weighted by atomic mass is 9.89. The molecule has 1 unspecified atom stereocenters. The molecular formula is C14H18N2O4. The number of nitrogens with zero attached hydrogens (tertiary/aromatic N) is 1. The Labute approximate surface area is 117 Å². The summed E-state index contributed by atoms with van der Waals surface area (Å²) in [6.45, 7) is 2.51. The average molecular weight is 278 g/mol. The summed E-state index contributed by atoms with van der Waals surface area (Å²) in [6.07, 6.45) is 2.84. The summed E-state index contributed by atoms with van der Waals surface area (Å²) in [5, 5.41) is 14.1. The molecule has 0 aromatic heterocycles. The van der Waals surface area contributed by atoms with Crippen LogP contribution in [0, 0.1) is 10.1 Å². The summed E-state index contributed by atoms with van der Waals surface area (Å²) in [7, 11) is 0. The molecule has 0 aliphatic carbocycles. The fraction of sp³-hybridized carbons (Fsp3) is 0.571. The van der Waals surface area contributed by atoms with Crippen LogP contribution in [0.4, 0.5) is 5.69 Å². The smallest absolute Gasteiger partial charge is 0.273 e. The molecule has 2 fully saturated rings. The standard InChI is InChI=1S/C14H18N2O4/c17-16(18)11-2-1-3-12(8-11)20-13-9-14(19-10-13)4-6-15-7-5-14/h1-3,8,13,15H,4-7,9-10H2. The van der Waals surface area contributed by atoms with E-state index in [0.29, 0.717) is 12.4 Å². The van der Waals surface area contributed by atoms with E-state index >= 15 is 0 Å². The summed E-state index contributed by atoms with van der Waals surface area (Å²) in [4.78, 5) is 10.3. The molecule has 1 spiro atoms. The van der Waals surface area contributed by atoms with Gasteiger partial charge in [-0.15, -0.1) is 0 Å². The summed E-state index contributed by atoms with van der Waals surface area (Å²) in [5.74, 6) is 0.541. The van der Waals surface area contributed by atoms with Gasteiger partial charge >= 0.3 is 0 Å². The average Bonchev–Trinajstić information content (AvgIpc) is 2.82. The molecule has 6 nitrogen and oxygen atoms in total. The molecular weight excluding hydrogens is 260 g/mol. The summed E-state index contributed by atoms with van der Waals surface area (Å²) < 4.78 is 11.8. The molecule has 2 heterocycles. The maximum atomic E-state index is 10.8. The van der Waals surface area contributed by atoms with Crippen molar-refractivity contribution < 1.29 is 14.4 Å². The van der Waals surface area contributed by atoms with Gasteiger partial charge in [-0.05, 0) is 32.0 Å². The molecule has 2 saturated heterocycles. The fourth-order valence-corrected chi connectivity index (χ4v) is 2.97. The highest BCUT2D eigenvalue weighted by atomic mass is 16.6. The monoisotopic (exact) mass is 278 g/mol. The van der Waals surface area contributed by atoms with Crippen LogP contribution in [0.3, 0.4) is 0 Å². The normalized spacial score (nSPS) is 24.7. The number of nitrogens with one attached hydrogen (secondary N) is 1. The van der Waals surface area contributed by atoms with Gasteiger partial charge in [-0.2, -0.15) is 0 Å². The molecule has 3 rings (SSSR count). The minimum absolute atomic E-state index is 0.0184. The van der Waals surface area contributed by atoms with Gasteiger partial charge in [0.25, 0.3) is 5.69 Å². The Morgan fingerprint density at radius 3 is 2.95 bits per heavy atom. The first-order valence-corrected chi connectivity index (χ1v) is 6.93. The molecule has 2 aliphatic heterocycles. The van der Waals surface area contributed by atoms with E-state index in [1.165, 1.54) is 12.1 Å². The van der Waals surface area contributed by atoms with E-state index in [1.807, 2.05) is 0 Å². The van der Waals surface area contributed by atoms with Gasteiger partial charge < -0.3 is 14.8 Å². The maximum Gasteiger partial charge on any atom is 0.273 e. The zero-order chi connectivity index (χ0) is 14.0. The fourth-order valence-electron chi connectivity index (χ4n) is 2.97. The van der Waals surface area contributed by atoms with Crippen LogP contribution in [0.5, 0.6) is 5.75 Å². The van der Waals surface area contributed by atoms with Crippen LogP contribution in [0.25, 0.3) is 0 Å². The number of nitro benzene ring substituents is 1. The third kappa shape index (κ3) is 2.76. The minimum Gasteiger partial charge on any atom is -0.488 e. The second kappa shape index (κ2) is 5.38. The Morgan fingerprint density at radius 1 is 1.40 bits per heavy atom. The van der Waals surface area contributed by atoms with Gasteiger partial charge in [-0.25, -0.2) is 0 Å². The van der Waals surface area contributed by atoms with E-state index in [9.17, 15) is 10.1 Å². The van der Waals surface area contributed by atoms with E-state index in [4.69, 9.17) is 9.47 Å². The van der Waals surface area contributed by atoms with Crippen molar-refractivity contribution in [3.8, 4) is 5.75 Å². The molecule has 1 atom stereocenters. The highest BCUT2D eigenvalue weighted by molar-refractivity contribution is 5.38. The Balaban J connectivity index is 1.64. The van der Waals surface area contributed by atoms with Crippen molar-refractivity contribution in [3.05, 3.63) is 34.4 Å². The number of rotatable bonds is 3. The van der Waals surface area contributed by atoms with Crippen LogP contribution in [0.1, 0.15) is 19.3 Å². The maximum absolute atomic E-state index is 10.8. The van der Waals surface area contributed by atoms with Gasteiger partial charge in [-0.1, -0.05) is 6.07 Å². The second-order valence-corrected chi connectivity index (χ2v) is 5.44. The van der Waals surface area contributed by atoms with Crippen molar-refractivity contribution in [3.63, 3.8) is 0 Å². The Morgan fingerprint density at radius 2 is 2.20 bits per heavy atom. The SMILES string of the molecule is O=[N+]([O-])c1cccc(OC2COC3(CCNCC3)C2)c1. The molecule has 0 radical (unpaired) electrons. The van der Waals surface area contributed by atoms with Crippen molar-refractivity contribution in [2.75, 3.05) is 19.7 Å². The number of benzene rings is 1. The van der Waals surface area contributed by atoms with Gasteiger partial charge in [0.2, 0.25) is 0 Å². The summed E-state index contributed by atoms with van der Waals surface area (Å²) >= 11 is 0. The summed E-state index contributed by atoms with van der Waals surface area (Å²) in [6, 6.07) is 6.32. The zero-order valence-electron chi connectivity index (χ0n) is 11.2. The lowest BCUT2D eigenvalue weighted by Crippen LogP contribution is -2.41. The number of hydrogen-bond donors (Lipinski definition) is 1. The van der Waals surface area contributed by atoms with Crippen molar-refractivity contribution in [2.45, 2.75) is 31.0 Å². The van der Waals surface area contributed by atoms with Crippen molar-refractivity contribution in [2.24, 2.45) is 0 Å². The highest BCUT2D eigenvalue weighted by Gasteiger charge is 2.42. The van der Waals surface area contributed by atoms with Crippen molar-refractivity contribution >= 4 is 5.69 Å². The van der Waals surface area contributed by atoms with Crippen LogP contribution in [-0.4, -0.2) is 36.3 Å². The number of non-ortho nitro benzene ring substituents is 1. The zero-order valence-corrected chi connectivity index (χ0v) is 11.2. The molecule has 20 heavy (non-hydrogen) atoms. The molecule has 108 valence electrons. The predicted molar refractivity (Wildman–Crippen MR) is 72.9 cm³/mol.